The van der Waals surface area contributed by atoms with E-state index in [1.807, 2.05) is 7.05 Å². The smallest absolute Gasteiger partial charge is 0.191 e. The third-order valence-corrected chi connectivity index (χ3v) is 6.28. The third-order valence-electron chi connectivity index (χ3n) is 5.21. The SMILES string of the molecule is CN=C(NCc1nc(C)c(C)s1)NCC(c1ccc(C)cc1)N1CCCC1.I. The van der Waals surface area contributed by atoms with Gasteiger partial charge in [-0.05, 0) is 52.3 Å². The average molecular weight is 513 g/mol. The number of aromatic nitrogens is 1. The van der Waals surface area contributed by atoms with Crippen LogP contribution in [0.4, 0.5) is 0 Å². The molecule has 28 heavy (non-hydrogen) atoms. The van der Waals surface area contributed by atoms with Crippen molar-refractivity contribution < 1.29 is 0 Å². The molecule has 2 aromatic rings. The van der Waals surface area contributed by atoms with Gasteiger partial charge in [0, 0.05) is 18.5 Å². The zero-order valence-corrected chi connectivity index (χ0v) is 20.4. The Morgan fingerprint density at radius 2 is 1.82 bits per heavy atom. The average Bonchev–Trinajstić information content (AvgIpc) is 3.30. The first-order valence-corrected chi connectivity index (χ1v) is 10.6. The van der Waals surface area contributed by atoms with Gasteiger partial charge in [-0.15, -0.1) is 35.3 Å². The molecule has 1 unspecified atom stereocenters. The zero-order chi connectivity index (χ0) is 19.2. The maximum atomic E-state index is 4.60. The molecule has 1 aliphatic heterocycles. The van der Waals surface area contributed by atoms with Crippen LogP contribution in [-0.4, -0.2) is 42.5 Å². The van der Waals surface area contributed by atoms with Crippen molar-refractivity contribution in [1.29, 1.82) is 0 Å². The number of rotatable bonds is 6. The third kappa shape index (κ3) is 6.15. The summed E-state index contributed by atoms with van der Waals surface area (Å²) < 4.78 is 0. The van der Waals surface area contributed by atoms with Crippen LogP contribution in [0.15, 0.2) is 29.3 Å². The van der Waals surface area contributed by atoms with E-state index in [4.69, 9.17) is 0 Å². The highest BCUT2D eigenvalue weighted by atomic mass is 127. The predicted molar refractivity (Wildman–Crippen MR) is 130 cm³/mol. The van der Waals surface area contributed by atoms with Gasteiger partial charge in [0.05, 0.1) is 18.3 Å². The molecule has 7 heteroatoms. The van der Waals surface area contributed by atoms with Crippen LogP contribution in [0.5, 0.6) is 0 Å². The number of guanidine groups is 1. The highest BCUT2D eigenvalue weighted by molar-refractivity contribution is 14.0. The van der Waals surface area contributed by atoms with Crippen LogP contribution < -0.4 is 10.6 Å². The van der Waals surface area contributed by atoms with E-state index in [0.29, 0.717) is 12.6 Å². The van der Waals surface area contributed by atoms with E-state index in [-0.39, 0.29) is 24.0 Å². The van der Waals surface area contributed by atoms with E-state index in [2.05, 4.69) is 70.5 Å². The molecule has 154 valence electrons. The van der Waals surface area contributed by atoms with Crippen LogP contribution in [0.3, 0.4) is 0 Å². The number of likely N-dealkylation sites (tertiary alicyclic amines) is 1. The fraction of sp³-hybridized carbons (Fsp3) is 0.524. The zero-order valence-electron chi connectivity index (χ0n) is 17.3. The number of halogens is 1. The molecule has 3 rings (SSSR count). The van der Waals surface area contributed by atoms with Gasteiger partial charge in [0.15, 0.2) is 5.96 Å². The maximum absolute atomic E-state index is 4.60. The summed E-state index contributed by atoms with van der Waals surface area (Å²) in [4.78, 5) is 12.8. The van der Waals surface area contributed by atoms with Crippen molar-refractivity contribution in [3.8, 4) is 0 Å². The summed E-state index contributed by atoms with van der Waals surface area (Å²) in [6, 6.07) is 9.31. The fourth-order valence-corrected chi connectivity index (χ4v) is 4.36. The Balaban J connectivity index is 0.00000280. The van der Waals surface area contributed by atoms with Crippen LogP contribution in [0.25, 0.3) is 0 Å². The monoisotopic (exact) mass is 513 g/mol. The van der Waals surface area contributed by atoms with Gasteiger partial charge in [-0.2, -0.15) is 0 Å². The Labute approximate surface area is 190 Å². The number of aryl methyl sites for hydroxylation is 3. The second kappa shape index (κ2) is 11.1. The summed E-state index contributed by atoms with van der Waals surface area (Å²) in [7, 11) is 1.82. The molecule has 0 spiro atoms. The van der Waals surface area contributed by atoms with Crippen molar-refractivity contribution in [1.82, 2.24) is 20.5 Å². The number of aliphatic imine (C=N–C) groups is 1. The van der Waals surface area contributed by atoms with Crippen LogP contribution >= 0.6 is 35.3 Å². The number of thiazole rings is 1. The Morgan fingerprint density at radius 3 is 2.39 bits per heavy atom. The quantitative estimate of drug-likeness (QED) is 0.346. The minimum Gasteiger partial charge on any atom is -0.354 e. The molecular weight excluding hydrogens is 481 g/mol. The number of hydrogen-bond acceptors (Lipinski definition) is 4. The van der Waals surface area contributed by atoms with Crippen LogP contribution in [0.2, 0.25) is 0 Å². The van der Waals surface area contributed by atoms with E-state index in [0.717, 1.165) is 23.2 Å². The van der Waals surface area contributed by atoms with Gasteiger partial charge >= 0.3 is 0 Å². The number of hydrogen-bond donors (Lipinski definition) is 2. The first kappa shape index (κ1) is 23.1. The molecule has 1 aromatic heterocycles. The van der Waals surface area contributed by atoms with E-state index in [1.54, 1.807) is 11.3 Å². The lowest BCUT2D eigenvalue weighted by Crippen LogP contribution is -2.42. The Bertz CT molecular complexity index is 746. The summed E-state index contributed by atoms with van der Waals surface area (Å²) in [5.41, 5.74) is 3.79. The molecule has 1 fully saturated rings. The number of benzene rings is 1. The normalized spacial score (nSPS) is 15.9. The van der Waals surface area contributed by atoms with Gasteiger partial charge in [-0.3, -0.25) is 9.89 Å². The summed E-state index contributed by atoms with van der Waals surface area (Å²) in [6.07, 6.45) is 2.58. The largest absolute Gasteiger partial charge is 0.354 e. The molecule has 1 saturated heterocycles. The van der Waals surface area contributed by atoms with Crippen molar-refractivity contribution in [2.75, 3.05) is 26.7 Å². The molecule has 5 nitrogen and oxygen atoms in total. The van der Waals surface area contributed by atoms with E-state index in [1.165, 1.54) is 41.9 Å². The molecule has 0 radical (unpaired) electrons. The van der Waals surface area contributed by atoms with Crippen molar-refractivity contribution >= 4 is 41.3 Å². The maximum Gasteiger partial charge on any atom is 0.191 e. The van der Waals surface area contributed by atoms with E-state index < -0.39 is 0 Å². The fourth-order valence-electron chi connectivity index (χ4n) is 3.49. The van der Waals surface area contributed by atoms with Gasteiger partial charge < -0.3 is 10.6 Å². The lowest BCUT2D eigenvalue weighted by Gasteiger charge is -2.29. The van der Waals surface area contributed by atoms with Gasteiger partial charge in [0.1, 0.15) is 5.01 Å². The van der Waals surface area contributed by atoms with Crippen LogP contribution in [-0.2, 0) is 6.54 Å². The lowest BCUT2D eigenvalue weighted by atomic mass is 10.0. The molecule has 1 aliphatic rings. The van der Waals surface area contributed by atoms with E-state index >= 15 is 0 Å². The van der Waals surface area contributed by atoms with Crippen molar-refractivity contribution in [3.63, 3.8) is 0 Å². The minimum atomic E-state index is 0. The van der Waals surface area contributed by atoms with E-state index in [9.17, 15) is 0 Å². The summed E-state index contributed by atoms with van der Waals surface area (Å²) >= 11 is 1.75. The lowest BCUT2D eigenvalue weighted by molar-refractivity contribution is 0.245. The Morgan fingerprint density at radius 1 is 1.14 bits per heavy atom. The Hall–Kier alpha value is -1.19. The van der Waals surface area contributed by atoms with Gasteiger partial charge in [0.25, 0.3) is 0 Å². The summed E-state index contributed by atoms with van der Waals surface area (Å²) in [5.74, 6) is 0.830. The van der Waals surface area contributed by atoms with Crippen molar-refractivity contribution in [2.24, 2.45) is 4.99 Å². The Kier molecular flexibility index (Phi) is 9.17. The number of nitrogens with zero attached hydrogens (tertiary/aromatic N) is 3. The molecule has 0 amide bonds. The molecule has 2 heterocycles. The second-order valence-corrected chi connectivity index (χ2v) is 8.51. The number of nitrogens with one attached hydrogen (secondary N) is 2. The van der Waals surface area contributed by atoms with Gasteiger partial charge in [0.2, 0.25) is 0 Å². The van der Waals surface area contributed by atoms with Gasteiger partial charge in [-0.25, -0.2) is 4.98 Å². The molecule has 2 N–H and O–H groups in total. The highest BCUT2D eigenvalue weighted by Crippen LogP contribution is 2.25. The van der Waals surface area contributed by atoms with Gasteiger partial charge in [-0.1, -0.05) is 29.8 Å². The molecule has 0 aliphatic carbocycles. The molecular formula is C21H32IN5S. The minimum absolute atomic E-state index is 0. The van der Waals surface area contributed by atoms with Crippen molar-refractivity contribution in [2.45, 2.75) is 46.2 Å². The molecule has 0 bridgehead atoms. The summed E-state index contributed by atoms with van der Waals surface area (Å²) in [6.45, 7) is 10.2. The topological polar surface area (TPSA) is 52.6 Å². The molecule has 1 aromatic carbocycles. The van der Waals surface area contributed by atoms with Crippen LogP contribution in [0.1, 0.15) is 45.6 Å². The summed E-state index contributed by atoms with van der Waals surface area (Å²) in [5, 5.41) is 8.03. The second-order valence-electron chi connectivity index (χ2n) is 7.23. The standard InChI is InChI=1S/C21H31N5S.HI/c1-15-7-9-18(10-8-15)19(26-11-5-6-12-26)13-23-21(22-4)24-14-20-25-16(2)17(3)27-20;/h7-10,19H,5-6,11-14H2,1-4H3,(H2,22,23,24);1H. The van der Waals surface area contributed by atoms with Crippen LogP contribution in [0, 0.1) is 20.8 Å². The predicted octanol–water partition coefficient (Wildman–Crippen LogP) is 4.19. The molecule has 1 atom stereocenters. The first-order valence-electron chi connectivity index (χ1n) is 9.75. The van der Waals surface area contributed by atoms with Crippen molar-refractivity contribution in [3.05, 3.63) is 51.0 Å². The highest BCUT2D eigenvalue weighted by Gasteiger charge is 2.23. The molecule has 0 saturated carbocycles. The first-order chi connectivity index (χ1) is 13.1.